The van der Waals surface area contributed by atoms with Gasteiger partial charge < -0.3 is 0 Å². The lowest BCUT2D eigenvalue weighted by Crippen LogP contribution is -2.04. The molecule has 0 radical (unpaired) electrons. The Balaban J connectivity index is 3.27. The maximum Gasteiger partial charge on any atom is -0.00418 e. The molecule has 68 valence electrons. The van der Waals surface area contributed by atoms with E-state index in [0.29, 0.717) is 0 Å². The highest BCUT2D eigenvalue weighted by molar-refractivity contribution is 7.99. The summed E-state index contributed by atoms with van der Waals surface area (Å²) in [6, 6.07) is 0. The molecule has 0 aromatic heterocycles. The second kappa shape index (κ2) is 7.02. The summed E-state index contributed by atoms with van der Waals surface area (Å²) in [5, 5.41) is 0. The van der Waals surface area contributed by atoms with Gasteiger partial charge in [0.15, 0.2) is 0 Å². The van der Waals surface area contributed by atoms with E-state index >= 15 is 0 Å². The van der Waals surface area contributed by atoms with E-state index in [0.717, 1.165) is 11.8 Å². The molecule has 0 fully saturated rings. The Hall–Kier alpha value is 0.350. The molecule has 0 aliphatic carbocycles. The SMILES string of the molecule is CCSCC(C)CC(C)CC. The van der Waals surface area contributed by atoms with Crippen LogP contribution in [0.1, 0.15) is 40.5 Å². The molecule has 0 nitrogen and oxygen atoms in total. The van der Waals surface area contributed by atoms with Gasteiger partial charge in [0.1, 0.15) is 0 Å². The monoisotopic (exact) mass is 174 g/mol. The van der Waals surface area contributed by atoms with Gasteiger partial charge in [0.2, 0.25) is 0 Å². The smallest absolute Gasteiger partial charge is 0.00418 e. The Kier molecular flexibility index (Phi) is 7.25. The first-order valence-electron chi connectivity index (χ1n) is 4.78. The van der Waals surface area contributed by atoms with Crippen molar-refractivity contribution in [2.24, 2.45) is 11.8 Å². The maximum absolute atomic E-state index is 2.37. The Bertz CT molecular complexity index is 80.9. The van der Waals surface area contributed by atoms with Gasteiger partial charge in [-0.25, -0.2) is 0 Å². The lowest BCUT2D eigenvalue weighted by Gasteiger charge is -2.14. The number of thioether (sulfide) groups is 1. The van der Waals surface area contributed by atoms with E-state index in [1.165, 1.54) is 24.3 Å². The first kappa shape index (κ1) is 11.4. The summed E-state index contributed by atoms with van der Waals surface area (Å²) in [6.07, 6.45) is 2.74. The second-order valence-corrected chi connectivity index (χ2v) is 4.83. The highest BCUT2D eigenvalue weighted by atomic mass is 32.2. The summed E-state index contributed by atoms with van der Waals surface area (Å²) in [5.41, 5.74) is 0. The van der Waals surface area contributed by atoms with Crippen molar-refractivity contribution >= 4 is 11.8 Å². The summed E-state index contributed by atoms with van der Waals surface area (Å²) in [6.45, 7) is 9.24. The van der Waals surface area contributed by atoms with Crippen LogP contribution >= 0.6 is 11.8 Å². The molecular weight excluding hydrogens is 152 g/mol. The van der Waals surface area contributed by atoms with Crippen LogP contribution in [0.3, 0.4) is 0 Å². The first-order chi connectivity index (χ1) is 5.20. The number of rotatable bonds is 6. The normalized spacial score (nSPS) is 16.4. The lowest BCUT2D eigenvalue weighted by molar-refractivity contribution is 0.433. The van der Waals surface area contributed by atoms with Crippen molar-refractivity contribution in [2.75, 3.05) is 11.5 Å². The largest absolute Gasteiger partial charge is 0.162 e. The Morgan fingerprint density at radius 3 is 2.18 bits per heavy atom. The van der Waals surface area contributed by atoms with Gasteiger partial charge in [-0.2, -0.15) is 11.8 Å². The average molecular weight is 174 g/mol. The topological polar surface area (TPSA) is 0 Å². The fourth-order valence-electron chi connectivity index (χ4n) is 1.24. The molecule has 0 amide bonds. The van der Waals surface area contributed by atoms with Gasteiger partial charge in [0, 0.05) is 0 Å². The van der Waals surface area contributed by atoms with Crippen LogP contribution in [-0.4, -0.2) is 11.5 Å². The molecule has 2 unspecified atom stereocenters. The van der Waals surface area contributed by atoms with Crippen molar-refractivity contribution < 1.29 is 0 Å². The quantitative estimate of drug-likeness (QED) is 0.590. The highest BCUT2D eigenvalue weighted by Gasteiger charge is 2.06. The first-order valence-corrected chi connectivity index (χ1v) is 5.93. The average Bonchev–Trinajstić information content (AvgIpc) is 2.00. The van der Waals surface area contributed by atoms with Crippen molar-refractivity contribution in [1.82, 2.24) is 0 Å². The van der Waals surface area contributed by atoms with Crippen LogP contribution in [0.25, 0.3) is 0 Å². The molecule has 0 aliphatic heterocycles. The summed E-state index contributed by atoms with van der Waals surface area (Å²) in [5.74, 6) is 4.45. The fraction of sp³-hybridized carbons (Fsp3) is 1.00. The Morgan fingerprint density at radius 1 is 1.09 bits per heavy atom. The zero-order chi connectivity index (χ0) is 8.69. The molecule has 0 aromatic rings. The van der Waals surface area contributed by atoms with Crippen molar-refractivity contribution in [3.8, 4) is 0 Å². The zero-order valence-electron chi connectivity index (χ0n) is 8.39. The third-order valence-electron chi connectivity index (χ3n) is 2.11. The van der Waals surface area contributed by atoms with E-state index in [-0.39, 0.29) is 0 Å². The maximum atomic E-state index is 2.37. The molecule has 0 saturated heterocycles. The van der Waals surface area contributed by atoms with Crippen LogP contribution < -0.4 is 0 Å². The minimum atomic E-state index is 0.912. The zero-order valence-corrected chi connectivity index (χ0v) is 9.21. The predicted molar refractivity (Wildman–Crippen MR) is 56.2 cm³/mol. The summed E-state index contributed by atoms with van der Waals surface area (Å²) in [4.78, 5) is 0. The molecule has 0 bridgehead atoms. The Morgan fingerprint density at radius 2 is 1.73 bits per heavy atom. The van der Waals surface area contributed by atoms with Crippen LogP contribution in [0.15, 0.2) is 0 Å². The van der Waals surface area contributed by atoms with Gasteiger partial charge in [-0.1, -0.05) is 34.1 Å². The van der Waals surface area contributed by atoms with E-state index in [4.69, 9.17) is 0 Å². The van der Waals surface area contributed by atoms with E-state index in [2.05, 4.69) is 39.5 Å². The molecule has 0 aromatic carbocycles. The van der Waals surface area contributed by atoms with Gasteiger partial charge in [0.05, 0.1) is 0 Å². The van der Waals surface area contributed by atoms with Crippen molar-refractivity contribution in [1.29, 1.82) is 0 Å². The lowest BCUT2D eigenvalue weighted by atomic mass is 9.97. The second-order valence-electron chi connectivity index (χ2n) is 3.51. The molecule has 0 N–H and O–H groups in total. The molecule has 0 saturated carbocycles. The van der Waals surface area contributed by atoms with Crippen LogP contribution in [0, 0.1) is 11.8 Å². The third kappa shape index (κ3) is 6.74. The fourth-order valence-corrected chi connectivity index (χ4v) is 2.01. The van der Waals surface area contributed by atoms with Gasteiger partial charge in [0.25, 0.3) is 0 Å². The van der Waals surface area contributed by atoms with Crippen molar-refractivity contribution in [2.45, 2.75) is 40.5 Å². The summed E-state index contributed by atoms with van der Waals surface area (Å²) >= 11 is 2.07. The van der Waals surface area contributed by atoms with Crippen molar-refractivity contribution in [3.05, 3.63) is 0 Å². The minimum absolute atomic E-state index is 0.912. The molecule has 1 heteroatoms. The summed E-state index contributed by atoms with van der Waals surface area (Å²) in [7, 11) is 0. The summed E-state index contributed by atoms with van der Waals surface area (Å²) < 4.78 is 0. The number of hydrogen-bond donors (Lipinski definition) is 0. The van der Waals surface area contributed by atoms with Crippen LogP contribution in [0.4, 0.5) is 0 Å². The third-order valence-corrected chi connectivity index (χ3v) is 3.32. The van der Waals surface area contributed by atoms with Gasteiger partial charge in [-0.05, 0) is 29.8 Å². The predicted octanol–water partition coefficient (Wildman–Crippen LogP) is 3.81. The van der Waals surface area contributed by atoms with E-state index < -0.39 is 0 Å². The van der Waals surface area contributed by atoms with Gasteiger partial charge in [-0.15, -0.1) is 0 Å². The standard InChI is InChI=1S/C10H22S/c1-5-9(3)7-10(4)8-11-6-2/h9-10H,5-8H2,1-4H3. The van der Waals surface area contributed by atoms with Gasteiger partial charge >= 0.3 is 0 Å². The van der Waals surface area contributed by atoms with Crippen LogP contribution in [-0.2, 0) is 0 Å². The highest BCUT2D eigenvalue weighted by Crippen LogP contribution is 2.18. The van der Waals surface area contributed by atoms with Crippen LogP contribution in [0.5, 0.6) is 0 Å². The minimum Gasteiger partial charge on any atom is -0.162 e. The molecular formula is C10H22S. The molecule has 0 spiro atoms. The molecule has 0 aliphatic rings. The number of hydrogen-bond acceptors (Lipinski definition) is 1. The Labute approximate surface area is 76.1 Å². The van der Waals surface area contributed by atoms with E-state index in [1.807, 2.05) is 0 Å². The van der Waals surface area contributed by atoms with Gasteiger partial charge in [-0.3, -0.25) is 0 Å². The molecule has 0 rings (SSSR count). The molecule has 0 heterocycles. The van der Waals surface area contributed by atoms with E-state index in [9.17, 15) is 0 Å². The van der Waals surface area contributed by atoms with E-state index in [1.54, 1.807) is 0 Å². The van der Waals surface area contributed by atoms with Crippen LogP contribution in [0.2, 0.25) is 0 Å². The molecule has 2 atom stereocenters. The molecule has 11 heavy (non-hydrogen) atoms. The van der Waals surface area contributed by atoms with Crippen molar-refractivity contribution in [3.63, 3.8) is 0 Å².